The monoisotopic (exact) mass is 497 g/mol. The standard InChI is InChI=1S/C28H23N3O4S/c1-14-9-15(2)23-21(10-14)36-28(30-23)31-24(18-5-4-8-29-13-18)22(26(33)27(31)34)25(32)17-6-7-20-19(12-17)11-16(3)35-20/h4-10,12-13,16,24,32H,11H2,1-3H3/b25-22+/t16-,24+/m1/s1. The van der Waals surface area contributed by atoms with Crippen LogP contribution in [-0.4, -0.2) is 32.9 Å². The molecule has 0 aliphatic carbocycles. The second-order valence-electron chi connectivity index (χ2n) is 9.34. The molecule has 7 nitrogen and oxygen atoms in total. The first-order valence-electron chi connectivity index (χ1n) is 11.7. The Labute approximate surface area is 211 Å². The van der Waals surface area contributed by atoms with Gasteiger partial charge in [0.05, 0.1) is 21.8 Å². The summed E-state index contributed by atoms with van der Waals surface area (Å²) in [4.78, 5) is 37.2. The Bertz CT molecular complexity index is 1590. The van der Waals surface area contributed by atoms with Gasteiger partial charge in [-0.1, -0.05) is 23.5 Å². The van der Waals surface area contributed by atoms with Crippen molar-refractivity contribution in [3.8, 4) is 5.75 Å². The van der Waals surface area contributed by atoms with Crippen LogP contribution in [0.5, 0.6) is 5.75 Å². The first kappa shape index (κ1) is 22.4. The lowest BCUT2D eigenvalue weighted by Gasteiger charge is -2.22. The highest BCUT2D eigenvalue weighted by atomic mass is 32.1. The van der Waals surface area contributed by atoms with Gasteiger partial charge in [0.25, 0.3) is 5.78 Å². The smallest absolute Gasteiger partial charge is 0.301 e. The van der Waals surface area contributed by atoms with Crippen molar-refractivity contribution in [2.24, 2.45) is 0 Å². The number of aliphatic hydroxyl groups is 1. The minimum absolute atomic E-state index is 0.0204. The van der Waals surface area contributed by atoms with Crippen LogP contribution in [0.2, 0.25) is 0 Å². The lowest BCUT2D eigenvalue weighted by molar-refractivity contribution is -0.132. The number of carbonyl (C=O) groups excluding carboxylic acids is 2. The van der Waals surface area contributed by atoms with Crippen LogP contribution in [0.25, 0.3) is 16.0 Å². The van der Waals surface area contributed by atoms with Crippen LogP contribution in [0, 0.1) is 13.8 Å². The second-order valence-corrected chi connectivity index (χ2v) is 10.3. The molecule has 2 atom stereocenters. The molecule has 0 bridgehead atoms. The second kappa shape index (κ2) is 8.27. The van der Waals surface area contributed by atoms with Gasteiger partial charge in [-0.15, -0.1) is 0 Å². The van der Waals surface area contributed by atoms with Crippen molar-refractivity contribution in [2.75, 3.05) is 4.90 Å². The molecule has 6 rings (SSSR count). The zero-order chi connectivity index (χ0) is 25.1. The zero-order valence-corrected chi connectivity index (χ0v) is 20.8. The fourth-order valence-corrected chi connectivity index (χ4v) is 6.24. The number of aliphatic hydroxyl groups excluding tert-OH is 1. The number of carbonyl (C=O) groups is 2. The lowest BCUT2D eigenvalue weighted by atomic mass is 9.95. The lowest BCUT2D eigenvalue weighted by Crippen LogP contribution is -2.29. The Morgan fingerprint density at radius 1 is 1.17 bits per heavy atom. The molecule has 2 aromatic carbocycles. The van der Waals surface area contributed by atoms with Crippen molar-refractivity contribution in [2.45, 2.75) is 39.3 Å². The van der Waals surface area contributed by atoms with E-state index in [0.29, 0.717) is 22.7 Å². The fourth-order valence-electron chi connectivity index (χ4n) is 5.07. The van der Waals surface area contributed by atoms with E-state index in [1.165, 1.54) is 16.2 Å². The molecule has 1 N–H and O–H groups in total. The van der Waals surface area contributed by atoms with Crippen LogP contribution in [0.1, 0.15) is 40.8 Å². The summed E-state index contributed by atoms with van der Waals surface area (Å²) in [6, 6.07) is 12.1. The van der Waals surface area contributed by atoms with Crippen molar-refractivity contribution in [1.82, 2.24) is 9.97 Å². The van der Waals surface area contributed by atoms with Crippen molar-refractivity contribution in [1.29, 1.82) is 0 Å². The number of aromatic nitrogens is 2. The summed E-state index contributed by atoms with van der Waals surface area (Å²) in [6.07, 6.45) is 3.99. The third-order valence-corrected chi connectivity index (χ3v) is 7.64. The topological polar surface area (TPSA) is 92.6 Å². The van der Waals surface area contributed by atoms with Crippen molar-refractivity contribution in [3.05, 3.63) is 88.2 Å². The van der Waals surface area contributed by atoms with E-state index in [2.05, 4.69) is 4.98 Å². The largest absolute Gasteiger partial charge is 0.507 e. The summed E-state index contributed by atoms with van der Waals surface area (Å²) in [5, 5.41) is 11.8. The molecule has 4 heterocycles. The maximum Gasteiger partial charge on any atom is 0.301 e. The van der Waals surface area contributed by atoms with E-state index < -0.39 is 17.7 Å². The van der Waals surface area contributed by atoms with Crippen LogP contribution < -0.4 is 9.64 Å². The van der Waals surface area contributed by atoms with Gasteiger partial charge in [0.15, 0.2) is 5.13 Å². The molecule has 180 valence electrons. The Morgan fingerprint density at radius 3 is 2.78 bits per heavy atom. The molecule has 1 saturated heterocycles. The number of rotatable bonds is 3. The van der Waals surface area contributed by atoms with Crippen LogP contribution >= 0.6 is 11.3 Å². The number of thiazole rings is 1. The van der Waals surface area contributed by atoms with Gasteiger partial charge in [0.2, 0.25) is 0 Å². The summed E-state index contributed by atoms with van der Waals surface area (Å²) < 4.78 is 6.71. The van der Waals surface area contributed by atoms with E-state index in [-0.39, 0.29) is 17.4 Å². The Morgan fingerprint density at radius 2 is 2.00 bits per heavy atom. The molecule has 2 aliphatic rings. The van der Waals surface area contributed by atoms with Gasteiger partial charge in [-0.2, -0.15) is 0 Å². The van der Waals surface area contributed by atoms with Crippen LogP contribution in [0.4, 0.5) is 5.13 Å². The SMILES string of the molecule is Cc1cc(C)c2nc(N3C(=O)C(=O)/C(=C(/O)c4ccc5c(c4)C[C@@H](C)O5)[C@@H]3c3cccnc3)sc2c1. The van der Waals surface area contributed by atoms with Crippen molar-refractivity contribution in [3.63, 3.8) is 0 Å². The molecule has 1 fully saturated rings. The van der Waals surface area contributed by atoms with Crippen LogP contribution in [0.3, 0.4) is 0 Å². The number of hydrogen-bond acceptors (Lipinski definition) is 7. The molecule has 0 radical (unpaired) electrons. The molecular weight excluding hydrogens is 474 g/mol. The van der Waals surface area contributed by atoms with Gasteiger partial charge in [-0.05, 0) is 73.4 Å². The van der Waals surface area contributed by atoms with E-state index in [0.717, 1.165) is 32.7 Å². The summed E-state index contributed by atoms with van der Waals surface area (Å²) in [7, 11) is 0. The normalized spacial score (nSPS) is 20.7. The molecule has 1 amide bonds. The summed E-state index contributed by atoms with van der Waals surface area (Å²) in [6.45, 7) is 5.97. The minimum Gasteiger partial charge on any atom is -0.507 e. The Kier molecular flexibility index (Phi) is 5.15. The summed E-state index contributed by atoms with van der Waals surface area (Å²) >= 11 is 1.35. The number of nitrogens with zero attached hydrogens (tertiary/aromatic N) is 3. The van der Waals surface area contributed by atoms with Gasteiger partial charge in [-0.3, -0.25) is 19.5 Å². The highest BCUT2D eigenvalue weighted by Gasteiger charge is 2.48. The van der Waals surface area contributed by atoms with E-state index >= 15 is 0 Å². The maximum absolute atomic E-state index is 13.5. The number of amides is 1. The van der Waals surface area contributed by atoms with Crippen molar-refractivity contribution >= 4 is 44.1 Å². The van der Waals surface area contributed by atoms with E-state index in [9.17, 15) is 14.7 Å². The number of aryl methyl sites for hydroxylation is 2. The number of benzene rings is 2. The van der Waals surface area contributed by atoms with Gasteiger partial charge in [0, 0.05) is 24.4 Å². The first-order valence-corrected chi connectivity index (χ1v) is 12.5. The molecule has 2 aromatic heterocycles. The van der Waals surface area contributed by atoms with Crippen LogP contribution in [-0.2, 0) is 16.0 Å². The molecule has 0 spiro atoms. The van der Waals surface area contributed by atoms with Gasteiger partial charge >= 0.3 is 5.91 Å². The van der Waals surface area contributed by atoms with Gasteiger partial charge in [0.1, 0.15) is 17.6 Å². The highest BCUT2D eigenvalue weighted by Crippen LogP contribution is 2.45. The van der Waals surface area contributed by atoms with E-state index in [4.69, 9.17) is 9.72 Å². The molecule has 0 unspecified atom stereocenters. The van der Waals surface area contributed by atoms with Crippen molar-refractivity contribution < 1.29 is 19.4 Å². The number of ketones is 1. The number of anilines is 1. The Balaban J connectivity index is 1.54. The number of hydrogen-bond donors (Lipinski definition) is 1. The Hall–Kier alpha value is -4.04. The van der Waals surface area contributed by atoms with E-state index in [1.807, 2.05) is 39.0 Å². The molecule has 2 aliphatic heterocycles. The fraction of sp³-hybridized carbons (Fsp3) is 0.214. The predicted molar refractivity (Wildman–Crippen MR) is 138 cm³/mol. The molecule has 8 heteroatoms. The highest BCUT2D eigenvalue weighted by molar-refractivity contribution is 7.22. The van der Waals surface area contributed by atoms with E-state index in [1.54, 1.807) is 36.7 Å². The van der Waals surface area contributed by atoms with Gasteiger partial charge in [-0.25, -0.2) is 4.98 Å². The first-order chi connectivity index (χ1) is 17.3. The summed E-state index contributed by atoms with van der Waals surface area (Å²) in [5.41, 5.74) is 4.94. The average Bonchev–Trinajstić information content (AvgIpc) is 3.52. The third kappa shape index (κ3) is 3.48. The summed E-state index contributed by atoms with van der Waals surface area (Å²) in [5.74, 6) is -0.931. The third-order valence-electron chi connectivity index (χ3n) is 6.64. The number of ether oxygens (including phenoxy) is 1. The van der Waals surface area contributed by atoms with Gasteiger partial charge < -0.3 is 9.84 Å². The molecular formula is C28H23N3O4S. The molecule has 36 heavy (non-hydrogen) atoms. The molecule has 4 aromatic rings. The molecule has 0 saturated carbocycles. The number of Topliss-reactive ketones (excluding diaryl/α,β-unsaturated/α-hetero) is 1. The zero-order valence-electron chi connectivity index (χ0n) is 20.0. The number of pyridine rings is 1. The van der Waals surface area contributed by atoms with Crippen LogP contribution in [0.15, 0.2) is 60.4 Å². The maximum atomic E-state index is 13.5. The number of fused-ring (bicyclic) bond motifs is 2. The quantitative estimate of drug-likeness (QED) is 0.236. The minimum atomic E-state index is -0.857. The predicted octanol–water partition coefficient (Wildman–Crippen LogP) is 5.26. The average molecular weight is 498 g/mol.